The third kappa shape index (κ3) is 4.39. The Morgan fingerprint density at radius 2 is 2.04 bits per heavy atom. The van der Waals surface area contributed by atoms with Gasteiger partial charge in [-0.3, -0.25) is 9.69 Å². The number of hydrogen-bond acceptors (Lipinski definition) is 5. The smallest absolute Gasteiger partial charge is 0.326 e. The first-order chi connectivity index (χ1) is 12.5. The van der Waals surface area contributed by atoms with Gasteiger partial charge < -0.3 is 15.1 Å². The van der Waals surface area contributed by atoms with Crippen LogP contribution in [-0.2, 0) is 6.54 Å². The summed E-state index contributed by atoms with van der Waals surface area (Å²) in [6.45, 7) is 3.14. The number of anilines is 1. The number of urea groups is 1. The Hall–Kier alpha value is -2.45. The first-order valence-corrected chi connectivity index (χ1v) is 9.41. The van der Waals surface area contributed by atoms with Gasteiger partial charge in [-0.2, -0.15) is 0 Å². The number of thiazole rings is 1. The molecule has 1 aromatic heterocycles. The normalized spacial score (nSPS) is 14.3. The third-order valence-electron chi connectivity index (χ3n) is 4.11. The molecule has 1 aliphatic rings. The molecule has 1 aliphatic heterocycles. The second-order valence-electron chi connectivity index (χ2n) is 6.42. The van der Waals surface area contributed by atoms with Crippen molar-refractivity contribution >= 4 is 28.4 Å². The summed E-state index contributed by atoms with van der Waals surface area (Å²) in [5.41, 5.74) is 1.46. The fourth-order valence-electron chi connectivity index (χ4n) is 2.69. The Labute approximate surface area is 157 Å². The van der Waals surface area contributed by atoms with Crippen LogP contribution in [0.2, 0.25) is 0 Å². The Morgan fingerprint density at radius 3 is 2.77 bits per heavy atom. The van der Waals surface area contributed by atoms with Crippen molar-refractivity contribution in [3.63, 3.8) is 0 Å². The van der Waals surface area contributed by atoms with E-state index in [-0.39, 0.29) is 11.9 Å². The standard InChI is InChI=1S/C18H23N5O2S/c1-21(2)9-8-19-16(24)15-13-26-17(20-15)23-11-10-22(18(23)25)12-14-6-4-3-5-7-14/h3-7,13H,8-12H2,1-2H3,(H,19,24). The van der Waals surface area contributed by atoms with E-state index in [4.69, 9.17) is 0 Å². The van der Waals surface area contributed by atoms with Crippen LogP contribution in [0.3, 0.4) is 0 Å². The molecule has 0 saturated carbocycles. The van der Waals surface area contributed by atoms with Gasteiger partial charge in [0.1, 0.15) is 5.69 Å². The summed E-state index contributed by atoms with van der Waals surface area (Å²) in [6.07, 6.45) is 0. The number of amides is 3. The zero-order valence-corrected chi connectivity index (χ0v) is 15.8. The van der Waals surface area contributed by atoms with Gasteiger partial charge in [-0.05, 0) is 19.7 Å². The molecule has 3 rings (SSSR count). The lowest BCUT2D eigenvalue weighted by Crippen LogP contribution is -2.32. The predicted octanol–water partition coefficient (Wildman–Crippen LogP) is 1.88. The van der Waals surface area contributed by atoms with Crippen molar-refractivity contribution in [2.45, 2.75) is 6.54 Å². The van der Waals surface area contributed by atoms with Crippen LogP contribution in [0.25, 0.3) is 0 Å². The van der Waals surface area contributed by atoms with Crippen molar-refractivity contribution in [1.29, 1.82) is 0 Å². The summed E-state index contributed by atoms with van der Waals surface area (Å²) in [6, 6.07) is 9.85. The molecule has 138 valence electrons. The molecule has 1 saturated heterocycles. The zero-order valence-electron chi connectivity index (χ0n) is 15.0. The van der Waals surface area contributed by atoms with Crippen molar-refractivity contribution in [3.05, 3.63) is 47.0 Å². The van der Waals surface area contributed by atoms with Gasteiger partial charge in [0.25, 0.3) is 5.91 Å². The highest BCUT2D eigenvalue weighted by molar-refractivity contribution is 7.14. The minimum atomic E-state index is -0.206. The minimum Gasteiger partial charge on any atom is -0.349 e. The summed E-state index contributed by atoms with van der Waals surface area (Å²) < 4.78 is 0. The first-order valence-electron chi connectivity index (χ1n) is 8.53. The van der Waals surface area contributed by atoms with Crippen molar-refractivity contribution in [1.82, 2.24) is 20.1 Å². The molecule has 0 aliphatic carbocycles. The van der Waals surface area contributed by atoms with Crippen LogP contribution >= 0.6 is 11.3 Å². The van der Waals surface area contributed by atoms with Crippen LogP contribution in [0.1, 0.15) is 16.1 Å². The molecule has 3 amide bonds. The molecule has 0 atom stereocenters. The van der Waals surface area contributed by atoms with E-state index in [0.29, 0.717) is 37.0 Å². The highest BCUT2D eigenvalue weighted by Crippen LogP contribution is 2.25. The molecule has 1 N–H and O–H groups in total. The van der Waals surface area contributed by atoms with E-state index in [0.717, 1.165) is 12.1 Å². The Kier molecular flexibility index (Phi) is 5.85. The number of rotatable bonds is 7. The van der Waals surface area contributed by atoms with Gasteiger partial charge in [0.2, 0.25) is 0 Å². The van der Waals surface area contributed by atoms with Gasteiger partial charge in [0.15, 0.2) is 5.13 Å². The van der Waals surface area contributed by atoms with Gasteiger partial charge in [-0.25, -0.2) is 9.78 Å². The molecule has 0 unspecified atom stereocenters. The number of likely N-dealkylation sites (N-methyl/N-ethyl adjacent to an activating group) is 1. The fraction of sp³-hybridized carbons (Fsp3) is 0.389. The van der Waals surface area contributed by atoms with Crippen LogP contribution in [0, 0.1) is 0 Å². The van der Waals surface area contributed by atoms with Gasteiger partial charge >= 0.3 is 6.03 Å². The predicted molar refractivity (Wildman–Crippen MR) is 103 cm³/mol. The molecular weight excluding hydrogens is 350 g/mol. The average molecular weight is 373 g/mol. The molecular formula is C18H23N5O2S. The number of aromatic nitrogens is 1. The van der Waals surface area contributed by atoms with Crippen molar-refractivity contribution in [3.8, 4) is 0 Å². The molecule has 7 nitrogen and oxygen atoms in total. The molecule has 0 spiro atoms. The number of carbonyl (C=O) groups excluding carboxylic acids is 2. The topological polar surface area (TPSA) is 68.8 Å². The van der Waals surface area contributed by atoms with Crippen LogP contribution in [0.5, 0.6) is 0 Å². The number of hydrogen-bond donors (Lipinski definition) is 1. The molecule has 2 heterocycles. The average Bonchev–Trinajstić information content (AvgIpc) is 3.23. The van der Waals surface area contributed by atoms with E-state index in [2.05, 4.69) is 10.3 Å². The summed E-state index contributed by atoms with van der Waals surface area (Å²) in [7, 11) is 3.90. The number of nitrogens with one attached hydrogen (secondary N) is 1. The molecule has 1 aromatic carbocycles. The van der Waals surface area contributed by atoms with Gasteiger partial charge in [-0.15, -0.1) is 11.3 Å². The van der Waals surface area contributed by atoms with E-state index in [1.165, 1.54) is 11.3 Å². The SMILES string of the molecule is CN(C)CCNC(=O)c1csc(N2CCN(Cc3ccccc3)C2=O)n1. The zero-order chi connectivity index (χ0) is 18.5. The molecule has 1 fully saturated rings. The molecule has 2 aromatic rings. The van der Waals surface area contributed by atoms with Crippen LogP contribution < -0.4 is 10.2 Å². The lowest BCUT2D eigenvalue weighted by Gasteiger charge is -2.16. The van der Waals surface area contributed by atoms with E-state index in [1.807, 2.05) is 49.3 Å². The molecule has 0 bridgehead atoms. The van der Waals surface area contributed by atoms with Crippen LogP contribution in [-0.4, -0.2) is 67.0 Å². The van der Waals surface area contributed by atoms with Crippen molar-refractivity contribution in [2.75, 3.05) is 45.2 Å². The Morgan fingerprint density at radius 1 is 1.27 bits per heavy atom. The summed E-state index contributed by atoms with van der Waals surface area (Å²) in [4.78, 5) is 34.6. The number of nitrogens with zero attached hydrogens (tertiary/aromatic N) is 4. The molecule has 8 heteroatoms. The third-order valence-corrected chi connectivity index (χ3v) is 4.97. The quantitative estimate of drug-likeness (QED) is 0.805. The second kappa shape index (κ2) is 8.29. The van der Waals surface area contributed by atoms with Crippen LogP contribution in [0.15, 0.2) is 35.7 Å². The largest absolute Gasteiger partial charge is 0.349 e. The monoisotopic (exact) mass is 373 g/mol. The minimum absolute atomic E-state index is 0.0669. The van der Waals surface area contributed by atoms with E-state index >= 15 is 0 Å². The van der Waals surface area contributed by atoms with Gasteiger partial charge in [0.05, 0.1) is 0 Å². The van der Waals surface area contributed by atoms with Crippen LogP contribution in [0.4, 0.5) is 9.93 Å². The highest BCUT2D eigenvalue weighted by atomic mass is 32.1. The lowest BCUT2D eigenvalue weighted by molar-refractivity contribution is 0.0946. The van der Waals surface area contributed by atoms with Crippen molar-refractivity contribution in [2.24, 2.45) is 0 Å². The summed E-state index contributed by atoms with van der Waals surface area (Å²) >= 11 is 1.32. The van der Waals surface area contributed by atoms with E-state index in [9.17, 15) is 9.59 Å². The van der Waals surface area contributed by atoms with Crippen molar-refractivity contribution < 1.29 is 9.59 Å². The maximum absolute atomic E-state index is 12.6. The van der Waals surface area contributed by atoms with E-state index in [1.54, 1.807) is 15.2 Å². The highest BCUT2D eigenvalue weighted by Gasteiger charge is 2.31. The Balaban J connectivity index is 1.59. The second-order valence-corrected chi connectivity index (χ2v) is 7.25. The first kappa shape index (κ1) is 18.3. The summed E-state index contributed by atoms with van der Waals surface area (Å²) in [5.74, 6) is -0.206. The number of carbonyl (C=O) groups is 2. The molecule has 0 radical (unpaired) electrons. The number of benzene rings is 1. The fourth-order valence-corrected chi connectivity index (χ4v) is 3.51. The van der Waals surface area contributed by atoms with Gasteiger partial charge in [-0.1, -0.05) is 30.3 Å². The lowest BCUT2D eigenvalue weighted by atomic mass is 10.2. The molecule has 26 heavy (non-hydrogen) atoms. The Bertz CT molecular complexity index is 762. The summed E-state index contributed by atoms with van der Waals surface area (Å²) in [5, 5.41) is 5.11. The van der Waals surface area contributed by atoms with Gasteiger partial charge in [0, 0.05) is 38.1 Å². The van der Waals surface area contributed by atoms with E-state index < -0.39 is 0 Å². The maximum atomic E-state index is 12.6. The maximum Gasteiger partial charge on any atom is 0.326 e.